The lowest BCUT2D eigenvalue weighted by Crippen LogP contribution is -2.40. The summed E-state index contributed by atoms with van der Waals surface area (Å²) in [6.07, 6.45) is 4.25. The predicted molar refractivity (Wildman–Crippen MR) is 62.3 cm³/mol. The zero-order chi connectivity index (χ0) is 11.8. The van der Waals surface area contributed by atoms with Gasteiger partial charge in [0.25, 0.3) is 0 Å². The quantitative estimate of drug-likeness (QED) is 0.553. The monoisotopic (exact) mass is 229 g/mol. The molecule has 4 nitrogen and oxygen atoms in total. The van der Waals surface area contributed by atoms with Crippen molar-refractivity contribution in [3.8, 4) is 0 Å². The van der Waals surface area contributed by atoms with Crippen LogP contribution in [0.25, 0.3) is 0 Å². The van der Waals surface area contributed by atoms with Crippen LogP contribution < -0.4 is 5.32 Å². The maximum atomic E-state index is 11.3. The molecule has 1 N–H and O–H groups in total. The van der Waals surface area contributed by atoms with E-state index in [0.717, 1.165) is 32.3 Å². The summed E-state index contributed by atoms with van der Waals surface area (Å²) in [7, 11) is 0. The van der Waals surface area contributed by atoms with Gasteiger partial charge in [-0.1, -0.05) is 13.3 Å². The molecule has 0 aromatic carbocycles. The highest BCUT2D eigenvalue weighted by molar-refractivity contribution is 5.71. The molecular formula is C12H23NO3. The van der Waals surface area contributed by atoms with Crippen molar-refractivity contribution < 1.29 is 14.3 Å². The van der Waals surface area contributed by atoms with Gasteiger partial charge in [0.1, 0.15) is 0 Å². The number of hydrogen-bond acceptors (Lipinski definition) is 4. The van der Waals surface area contributed by atoms with E-state index in [9.17, 15) is 4.79 Å². The fourth-order valence-corrected chi connectivity index (χ4v) is 1.79. The van der Waals surface area contributed by atoms with E-state index in [2.05, 4.69) is 19.2 Å². The SMILES string of the molecule is CCCCOC(=O)CNC1CCOC(C)C1. The summed E-state index contributed by atoms with van der Waals surface area (Å²) >= 11 is 0. The average molecular weight is 229 g/mol. The van der Waals surface area contributed by atoms with E-state index in [1.807, 2.05) is 0 Å². The normalized spacial score (nSPS) is 25.4. The zero-order valence-electron chi connectivity index (χ0n) is 10.3. The lowest BCUT2D eigenvalue weighted by atomic mass is 10.0. The molecule has 1 aliphatic rings. The Morgan fingerprint density at radius 1 is 1.56 bits per heavy atom. The molecule has 1 rings (SSSR count). The van der Waals surface area contributed by atoms with Crippen LogP contribution in [0.2, 0.25) is 0 Å². The number of ether oxygens (including phenoxy) is 2. The fourth-order valence-electron chi connectivity index (χ4n) is 1.79. The highest BCUT2D eigenvalue weighted by atomic mass is 16.5. The predicted octanol–water partition coefficient (Wildman–Crippen LogP) is 1.49. The summed E-state index contributed by atoms with van der Waals surface area (Å²) in [4.78, 5) is 11.3. The van der Waals surface area contributed by atoms with Crippen LogP contribution in [0.15, 0.2) is 0 Å². The second kappa shape index (κ2) is 7.63. The van der Waals surface area contributed by atoms with Crippen molar-refractivity contribution in [2.24, 2.45) is 0 Å². The first-order chi connectivity index (χ1) is 7.72. The molecule has 0 saturated carbocycles. The van der Waals surface area contributed by atoms with Crippen molar-refractivity contribution in [2.45, 2.75) is 51.7 Å². The topological polar surface area (TPSA) is 47.6 Å². The number of carbonyl (C=O) groups excluding carboxylic acids is 1. The van der Waals surface area contributed by atoms with Crippen LogP contribution in [0.3, 0.4) is 0 Å². The van der Waals surface area contributed by atoms with Crippen molar-refractivity contribution in [2.75, 3.05) is 19.8 Å². The van der Waals surface area contributed by atoms with Gasteiger partial charge in [-0.2, -0.15) is 0 Å². The van der Waals surface area contributed by atoms with Crippen molar-refractivity contribution in [1.29, 1.82) is 0 Å². The Bertz CT molecular complexity index is 208. The molecule has 0 aliphatic carbocycles. The highest BCUT2D eigenvalue weighted by Crippen LogP contribution is 2.12. The maximum Gasteiger partial charge on any atom is 0.319 e. The molecule has 0 bridgehead atoms. The lowest BCUT2D eigenvalue weighted by molar-refractivity contribution is -0.143. The molecule has 16 heavy (non-hydrogen) atoms. The van der Waals surface area contributed by atoms with Crippen molar-refractivity contribution in [1.82, 2.24) is 5.32 Å². The molecule has 4 heteroatoms. The third kappa shape index (κ3) is 5.47. The van der Waals surface area contributed by atoms with Crippen LogP contribution in [0.4, 0.5) is 0 Å². The van der Waals surface area contributed by atoms with E-state index < -0.39 is 0 Å². The first-order valence-electron chi connectivity index (χ1n) is 6.23. The molecule has 1 aliphatic heterocycles. The minimum Gasteiger partial charge on any atom is -0.465 e. The minimum absolute atomic E-state index is 0.146. The van der Waals surface area contributed by atoms with Gasteiger partial charge in [0.05, 0.1) is 19.3 Å². The van der Waals surface area contributed by atoms with Crippen LogP contribution in [-0.4, -0.2) is 37.9 Å². The van der Waals surface area contributed by atoms with Crippen molar-refractivity contribution in [3.63, 3.8) is 0 Å². The summed E-state index contributed by atoms with van der Waals surface area (Å²) in [6.45, 7) is 5.79. The van der Waals surface area contributed by atoms with Crippen LogP contribution in [0.5, 0.6) is 0 Å². The molecule has 0 spiro atoms. The van der Waals surface area contributed by atoms with Gasteiger partial charge in [-0.3, -0.25) is 4.79 Å². The first-order valence-corrected chi connectivity index (χ1v) is 6.23. The number of hydrogen-bond donors (Lipinski definition) is 1. The summed E-state index contributed by atoms with van der Waals surface area (Å²) in [5.74, 6) is -0.146. The summed E-state index contributed by atoms with van der Waals surface area (Å²) < 4.78 is 10.5. The molecule has 0 amide bonds. The molecule has 1 heterocycles. The lowest BCUT2D eigenvalue weighted by Gasteiger charge is -2.27. The largest absolute Gasteiger partial charge is 0.465 e. The van der Waals surface area contributed by atoms with E-state index in [-0.39, 0.29) is 5.97 Å². The Hall–Kier alpha value is -0.610. The molecule has 2 atom stereocenters. The van der Waals surface area contributed by atoms with Gasteiger partial charge in [0, 0.05) is 12.6 Å². The smallest absolute Gasteiger partial charge is 0.319 e. The van der Waals surface area contributed by atoms with Gasteiger partial charge in [0.15, 0.2) is 0 Å². The third-order valence-electron chi connectivity index (χ3n) is 2.78. The molecule has 2 unspecified atom stereocenters. The number of nitrogens with one attached hydrogen (secondary N) is 1. The fraction of sp³-hybridized carbons (Fsp3) is 0.917. The third-order valence-corrected chi connectivity index (χ3v) is 2.78. The molecule has 0 aromatic rings. The molecule has 0 aromatic heterocycles. The standard InChI is InChI=1S/C12H23NO3/c1-3-4-6-16-12(14)9-13-11-5-7-15-10(2)8-11/h10-11,13H,3-9H2,1-2H3. The van der Waals surface area contributed by atoms with E-state index in [1.54, 1.807) is 0 Å². The molecular weight excluding hydrogens is 206 g/mol. The number of rotatable bonds is 6. The van der Waals surface area contributed by atoms with Crippen molar-refractivity contribution in [3.05, 3.63) is 0 Å². The van der Waals surface area contributed by atoms with Crippen LogP contribution in [0, 0.1) is 0 Å². The van der Waals surface area contributed by atoms with E-state index in [0.29, 0.717) is 25.3 Å². The van der Waals surface area contributed by atoms with Gasteiger partial charge in [-0.15, -0.1) is 0 Å². The van der Waals surface area contributed by atoms with Gasteiger partial charge < -0.3 is 14.8 Å². The van der Waals surface area contributed by atoms with Crippen LogP contribution >= 0.6 is 0 Å². The summed E-state index contributed by atoms with van der Waals surface area (Å²) in [5, 5.41) is 3.22. The first kappa shape index (κ1) is 13.5. The Morgan fingerprint density at radius 2 is 2.38 bits per heavy atom. The Balaban J connectivity index is 2.06. The Morgan fingerprint density at radius 3 is 3.06 bits per heavy atom. The van der Waals surface area contributed by atoms with Crippen LogP contribution in [0.1, 0.15) is 39.5 Å². The van der Waals surface area contributed by atoms with Gasteiger partial charge in [-0.25, -0.2) is 0 Å². The Labute approximate surface area is 97.7 Å². The van der Waals surface area contributed by atoms with E-state index >= 15 is 0 Å². The maximum absolute atomic E-state index is 11.3. The summed E-state index contributed by atoms with van der Waals surface area (Å²) in [5.41, 5.74) is 0. The number of esters is 1. The molecule has 94 valence electrons. The molecule has 1 saturated heterocycles. The molecule has 1 fully saturated rings. The number of unbranched alkanes of at least 4 members (excludes halogenated alkanes) is 1. The van der Waals surface area contributed by atoms with Gasteiger partial charge in [0.2, 0.25) is 0 Å². The van der Waals surface area contributed by atoms with Crippen molar-refractivity contribution >= 4 is 5.97 Å². The van der Waals surface area contributed by atoms with E-state index in [4.69, 9.17) is 9.47 Å². The molecule has 0 radical (unpaired) electrons. The minimum atomic E-state index is -0.146. The summed E-state index contributed by atoms with van der Waals surface area (Å²) in [6, 6.07) is 0.391. The van der Waals surface area contributed by atoms with Gasteiger partial charge in [-0.05, 0) is 26.2 Å². The van der Waals surface area contributed by atoms with E-state index in [1.165, 1.54) is 0 Å². The average Bonchev–Trinajstić information content (AvgIpc) is 2.27. The van der Waals surface area contributed by atoms with Gasteiger partial charge >= 0.3 is 5.97 Å². The Kier molecular flexibility index (Phi) is 6.42. The zero-order valence-corrected chi connectivity index (χ0v) is 10.3. The highest BCUT2D eigenvalue weighted by Gasteiger charge is 2.19. The second-order valence-corrected chi connectivity index (χ2v) is 4.36. The second-order valence-electron chi connectivity index (χ2n) is 4.36. The van der Waals surface area contributed by atoms with Crippen LogP contribution in [-0.2, 0) is 14.3 Å². The number of carbonyl (C=O) groups is 1.